The van der Waals surface area contributed by atoms with E-state index in [0.29, 0.717) is 57.1 Å². The van der Waals surface area contributed by atoms with Gasteiger partial charge in [0.2, 0.25) is 5.13 Å². The average molecular weight is 660 g/mol. The number of aliphatic hydroxyl groups excluding tert-OH is 1. The van der Waals surface area contributed by atoms with Gasteiger partial charge in [-0.1, -0.05) is 60.0 Å². The monoisotopic (exact) mass is 659 g/mol. The Morgan fingerprint density at radius 1 is 1.15 bits per heavy atom. The van der Waals surface area contributed by atoms with Crippen LogP contribution in [0.25, 0.3) is 5.76 Å². The second-order valence-corrected chi connectivity index (χ2v) is 12.8. The SMILES string of the molecule is C=CCOc1ccc([C@H]2/C(=C(\O)c3ccc4c(c3)C[C@@H](C)O4)C(=O)C(=O)N2c2nnc(SCc3ccccc3F)s2)cc1OCC. The minimum Gasteiger partial charge on any atom is -0.507 e. The molecule has 2 aliphatic heterocycles. The molecule has 1 amide bonds. The topological polar surface area (TPSA) is 111 Å². The summed E-state index contributed by atoms with van der Waals surface area (Å²) in [5, 5.41) is 20.3. The first-order valence-corrected chi connectivity index (χ1v) is 16.4. The molecule has 4 aromatic rings. The van der Waals surface area contributed by atoms with E-state index in [1.54, 1.807) is 60.7 Å². The number of Topliss-reactive ketones (excluding diaryl/α,β-unsaturated/α-hetero) is 1. The maximum atomic E-state index is 14.2. The molecule has 2 aliphatic rings. The van der Waals surface area contributed by atoms with Crippen LogP contribution in [0.4, 0.5) is 9.52 Å². The summed E-state index contributed by atoms with van der Waals surface area (Å²) in [5.74, 6) is -0.516. The number of ketones is 1. The molecule has 0 saturated carbocycles. The number of ether oxygens (including phenoxy) is 3. The van der Waals surface area contributed by atoms with Gasteiger partial charge in [-0.05, 0) is 66.9 Å². The molecule has 3 heterocycles. The van der Waals surface area contributed by atoms with Crippen LogP contribution in [0.5, 0.6) is 17.2 Å². The first-order chi connectivity index (χ1) is 22.3. The summed E-state index contributed by atoms with van der Waals surface area (Å²) in [6, 6.07) is 15.7. The molecule has 0 spiro atoms. The summed E-state index contributed by atoms with van der Waals surface area (Å²) in [4.78, 5) is 28.7. The molecule has 236 valence electrons. The van der Waals surface area contributed by atoms with Gasteiger partial charge in [-0.15, -0.1) is 10.2 Å². The number of amides is 1. The predicted octanol–water partition coefficient (Wildman–Crippen LogP) is 6.88. The Balaban J connectivity index is 1.43. The molecule has 2 atom stereocenters. The maximum absolute atomic E-state index is 14.2. The molecule has 1 fully saturated rings. The van der Waals surface area contributed by atoms with Crippen molar-refractivity contribution in [3.63, 3.8) is 0 Å². The molecule has 1 N–H and O–H groups in total. The predicted molar refractivity (Wildman–Crippen MR) is 174 cm³/mol. The number of benzene rings is 3. The third-order valence-corrected chi connectivity index (χ3v) is 9.57. The number of fused-ring (bicyclic) bond motifs is 1. The van der Waals surface area contributed by atoms with Gasteiger partial charge in [-0.25, -0.2) is 4.39 Å². The highest BCUT2D eigenvalue weighted by molar-refractivity contribution is 8.00. The zero-order valence-electron chi connectivity index (χ0n) is 25.1. The van der Waals surface area contributed by atoms with Crippen molar-refractivity contribution in [2.75, 3.05) is 18.1 Å². The molecule has 9 nitrogen and oxygen atoms in total. The Hall–Kier alpha value is -4.68. The molecule has 46 heavy (non-hydrogen) atoms. The summed E-state index contributed by atoms with van der Waals surface area (Å²) in [7, 11) is 0. The Labute approximate surface area is 273 Å². The molecule has 0 bridgehead atoms. The second-order valence-electron chi connectivity index (χ2n) is 10.6. The zero-order chi connectivity index (χ0) is 32.4. The van der Waals surface area contributed by atoms with Gasteiger partial charge in [0, 0.05) is 17.7 Å². The number of hydrogen-bond acceptors (Lipinski definition) is 10. The highest BCUT2D eigenvalue weighted by Gasteiger charge is 2.48. The lowest BCUT2D eigenvalue weighted by Gasteiger charge is -2.23. The third kappa shape index (κ3) is 6.10. The van der Waals surface area contributed by atoms with Crippen LogP contribution in [0.3, 0.4) is 0 Å². The average Bonchev–Trinajstić information content (AvgIpc) is 3.74. The summed E-state index contributed by atoms with van der Waals surface area (Å²) in [6.45, 7) is 8.06. The van der Waals surface area contributed by atoms with Crippen molar-refractivity contribution in [1.82, 2.24) is 10.2 Å². The molecule has 1 aromatic heterocycles. The van der Waals surface area contributed by atoms with Crippen LogP contribution in [0.2, 0.25) is 0 Å². The van der Waals surface area contributed by atoms with E-state index in [0.717, 1.165) is 16.9 Å². The number of rotatable bonds is 11. The standard InChI is InChI=1S/C34H30FN3O6S2/c1-4-14-43-26-13-10-20(17-27(26)42-5-2)29-28(30(39)21-11-12-25-23(16-21)15-19(3)44-25)31(40)32(41)38(29)33-36-37-34(46-33)45-18-22-8-6-7-9-24(22)35/h4,6-13,16-17,19,29,39H,1,5,14-15,18H2,2-3H3/b30-28+/t19-,29+/m1/s1. The Kier molecular flexibility index (Phi) is 9.09. The lowest BCUT2D eigenvalue weighted by Crippen LogP contribution is -2.29. The minimum absolute atomic E-state index is 0.0142. The van der Waals surface area contributed by atoms with Crippen LogP contribution in [-0.2, 0) is 21.8 Å². The van der Waals surface area contributed by atoms with Gasteiger partial charge in [0.05, 0.1) is 18.2 Å². The molecular formula is C34H30FN3O6S2. The first kappa shape index (κ1) is 31.3. The van der Waals surface area contributed by atoms with E-state index >= 15 is 0 Å². The van der Waals surface area contributed by atoms with Gasteiger partial charge in [-0.2, -0.15) is 0 Å². The van der Waals surface area contributed by atoms with Crippen LogP contribution < -0.4 is 19.1 Å². The lowest BCUT2D eigenvalue weighted by molar-refractivity contribution is -0.132. The number of carbonyl (C=O) groups is 2. The number of aromatic nitrogens is 2. The van der Waals surface area contributed by atoms with E-state index in [-0.39, 0.29) is 35.0 Å². The van der Waals surface area contributed by atoms with Crippen LogP contribution in [-0.4, -0.2) is 46.3 Å². The van der Waals surface area contributed by atoms with Crippen molar-refractivity contribution < 1.29 is 33.3 Å². The number of aliphatic hydroxyl groups is 1. The number of thioether (sulfide) groups is 1. The smallest absolute Gasteiger partial charge is 0.301 e. The fourth-order valence-corrected chi connectivity index (χ4v) is 7.27. The van der Waals surface area contributed by atoms with E-state index in [2.05, 4.69) is 16.8 Å². The summed E-state index contributed by atoms with van der Waals surface area (Å²) in [5.41, 5.74) is 2.17. The van der Waals surface area contributed by atoms with E-state index in [9.17, 15) is 19.1 Å². The number of halogens is 1. The molecule has 0 aliphatic carbocycles. The number of nitrogens with zero attached hydrogens (tertiary/aromatic N) is 3. The molecule has 6 rings (SSSR count). The molecule has 3 aromatic carbocycles. The van der Waals surface area contributed by atoms with E-state index in [1.165, 1.54) is 22.7 Å². The van der Waals surface area contributed by atoms with Crippen molar-refractivity contribution in [2.45, 2.75) is 42.5 Å². The van der Waals surface area contributed by atoms with Gasteiger partial charge in [0.1, 0.15) is 30.0 Å². The fourth-order valence-electron chi connectivity index (χ4n) is 5.41. The van der Waals surface area contributed by atoms with E-state index in [4.69, 9.17) is 14.2 Å². The maximum Gasteiger partial charge on any atom is 0.301 e. The summed E-state index contributed by atoms with van der Waals surface area (Å²) >= 11 is 2.36. The summed E-state index contributed by atoms with van der Waals surface area (Å²) in [6.07, 6.45) is 2.24. The lowest BCUT2D eigenvalue weighted by atomic mass is 9.94. The van der Waals surface area contributed by atoms with Crippen molar-refractivity contribution in [3.05, 3.63) is 107 Å². The second kappa shape index (κ2) is 13.4. The first-order valence-electron chi connectivity index (χ1n) is 14.6. The van der Waals surface area contributed by atoms with Crippen molar-refractivity contribution in [2.24, 2.45) is 0 Å². The Bertz CT molecular complexity index is 1860. The largest absolute Gasteiger partial charge is 0.507 e. The number of anilines is 1. The Morgan fingerprint density at radius 2 is 1.98 bits per heavy atom. The summed E-state index contributed by atoms with van der Waals surface area (Å²) < 4.78 is 32.1. The molecule has 0 unspecified atom stereocenters. The fraction of sp³-hybridized carbons (Fsp3) is 0.235. The van der Waals surface area contributed by atoms with Crippen molar-refractivity contribution in [3.8, 4) is 17.2 Å². The van der Waals surface area contributed by atoms with Crippen LogP contribution in [0.15, 0.2) is 83.2 Å². The van der Waals surface area contributed by atoms with Crippen LogP contribution in [0, 0.1) is 5.82 Å². The van der Waals surface area contributed by atoms with Gasteiger partial charge in [0.25, 0.3) is 5.78 Å². The van der Waals surface area contributed by atoms with E-state index < -0.39 is 17.7 Å². The molecule has 12 heteroatoms. The minimum atomic E-state index is -1.06. The van der Waals surface area contributed by atoms with Crippen LogP contribution >= 0.6 is 23.1 Å². The quantitative estimate of drug-likeness (QED) is 0.0460. The normalized spacial score (nSPS) is 18.4. The third-order valence-electron chi connectivity index (χ3n) is 7.46. The van der Waals surface area contributed by atoms with E-state index in [1.807, 2.05) is 13.8 Å². The molecular weight excluding hydrogens is 630 g/mol. The molecule has 0 radical (unpaired) electrons. The van der Waals surface area contributed by atoms with Crippen LogP contribution in [0.1, 0.15) is 42.1 Å². The zero-order valence-corrected chi connectivity index (χ0v) is 26.7. The van der Waals surface area contributed by atoms with Gasteiger partial charge >= 0.3 is 5.91 Å². The van der Waals surface area contributed by atoms with Gasteiger partial charge in [0.15, 0.2) is 15.8 Å². The highest BCUT2D eigenvalue weighted by Crippen LogP contribution is 2.46. The Morgan fingerprint density at radius 3 is 2.76 bits per heavy atom. The van der Waals surface area contributed by atoms with Crippen molar-refractivity contribution >= 4 is 45.7 Å². The van der Waals surface area contributed by atoms with Gasteiger partial charge in [-0.3, -0.25) is 14.5 Å². The highest BCUT2D eigenvalue weighted by atomic mass is 32.2. The van der Waals surface area contributed by atoms with Gasteiger partial charge < -0.3 is 19.3 Å². The number of carbonyl (C=O) groups excluding carboxylic acids is 2. The van der Waals surface area contributed by atoms with Crippen molar-refractivity contribution in [1.29, 1.82) is 0 Å². The number of hydrogen-bond donors (Lipinski definition) is 1. The molecule has 1 saturated heterocycles.